The van der Waals surface area contributed by atoms with Crippen LogP contribution in [-0.4, -0.2) is 28.0 Å². The zero-order chi connectivity index (χ0) is 20.5. The molecule has 0 amide bonds. The van der Waals surface area contributed by atoms with Gasteiger partial charge in [-0.25, -0.2) is 0 Å². The Bertz CT molecular complexity index is 719. The highest BCUT2D eigenvalue weighted by molar-refractivity contribution is 9.10. The molecule has 4 fully saturated rings. The van der Waals surface area contributed by atoms with Crippen LogP contribution in [0.2, 0.25) is 0 Å². The zero-order valence-electron chi connectivity index (χ0n) is 17.6. The molecule has 4 aliphatic carbocycles. The molecule has 0 N–H and O–H groups in total. The quantitative estimate of drug-likeness (QED) is 0.443. The normalized spacial score (nSPS) is 50.3. The predicted molar refractivity (Wildman–Crippen MR) is 110 cm³/mol. The fraction of sp³-hybridized carbons (Fsp3) is 0.870. The van der Waals surface area contributed by atoms with Gasteiger partial charge in [-0.2, -0.15) is 0 Å². The molecule has 0 saturated heterocycles. The Kier molecular flexibility index (Phi) is 4.88. The second-order valence-electron chi connectivity index (χ2n) is 10.5. The van der Waals surface area contributed by atoms with E-state index in [2.05, 4.69) is 29.8 Å². The van der Waals surface area contributed by atoms with E-state index in [1.54, 1.807) is 6.92 Å². The van der Waals surface area contributed by atoms with Gasteiger partial charge in [0, 0.05) is 19.3 Å². The summed E-state index contributed by atoms with van der Waals surface area (Å²) >= 11 is 3.82. The molecule has 0 aromatic carbocycles. The van der Waals surface area contributed by atoms with Crippen molar-refractivity contribution < 1.29 is 19.1 Å². The van der Waals surface area contributed by atoms with E-state index in [4.69, 9.17) is 4.74 Å². The maximum atomic E-state index is 13.6. The number of fused-ring (bicyclic) bond motifs is 5. The van der Waals surface area contributed by atoms with E-state index >= 15 is 0 Å². The molecule has 5 heteroatoms. The van der Waals surface area contributed by atoms with E-state index in [1.807, 2.05) is 0 Å². The van der Waals surface area contributed by atoms with Gasteiger partial charge in [-0.1, -0.05) is 29.8 Å². The summed E-state index contributed by atoms with van der Waals surface area (Å²) in [4.78, 5) is 37.5. The molecule has 4 saturated carbocycles. The average Bonchev–Trinajstić information content (AvgIpc) is 2.86. The number of carbonyl (C=O) groups excluding carboxylic acids is 3. The number of carbonyl (C=O) groups is 3. The molecule has 0 unspecified atom stereocenters. The van der Waals surface area contributed by atoms with Gasteiger partial charge >= 0.3 is 5.97 Å². The van der Waals surface area contributed by atoms with Crippen LogP contribution in [-0.2, 0) is 19.1 Å². The van der Waals surface area contributed by atoms with Crippen molar-refractivity contribution in [1.82, 2.24) is 0 Å². The minimum absolute atomic E-state index is 0.00572. The van der Waals surface area contributed by atoms with E-state index in [1.165, 1.54) is 6.92 Å². The lowest BCUT2D eigenvalue weighted by atomic mass is 9.44. The summed E-state index contributed by atoms with van der Waals surface area (Å²) in [5.41, 5.74) is -0.263. The zero-order valence-corrected chi connectivity index (χ0v) is 19.1. The summed E-state index contributed by atoms with van der Waals surface area (Å²) in [6, 6.07) is 0. The molecule has 0 aromatic heterocycles. The third kappa shape index (κ3) is 2.70. The molecule has 156 valence electrons. The van der Waals surface area contributed by atoms with Crippen LogP contribution >= 0.6 is 15.9 Å². The van der Waals surface area contributed by atoms with Gasteiger partial charge in [0.15, 0.2) is 0 Å². The highest BCUT2D eigenvalue weighted by Gasteiger charge is 2.68. The molecule has 4 rings (SSSR count). The number of alkyl halides is 1. The van der Waals surface area contributed by atoms with E-state index in [0.29, 0.717) is 30.0 Å². The van der Waals surface area contributed by atoms with Crippen molar-refractivity contribution in [2.75, 3.05) is 0 Å². The lowest BCUT2D eigenvalue weighted by molar-refractivity contribution is -0.168. The lowest BCUT2D eigenvalue weighted by Gasteiger charge is -2.60. The fourth-order valence-electron chi connectivity index (χ4n) is 7.93. The van der Waals surface area contributed by atoms with Crippen molar-refractivity contribution in [2.45, 2.75) is 89.5 Å². The number of halogens is 1. The van der Waals surface area contributed by atoms with Crippen molar-refractivity contribution in [1.29, 1.82) is 0 Å². The van der Waals surface area contributed by atoms with Gasteiger partial charge in [-0.3, -0.25) is 14.4 Å². The Morgan fingerprint density at radius 2 is 1.79 bits per heavy atom. The third-order valence-corrected chi connectivity index (χ3v) is 11.2. The largest absolute Gasteiger partial charge is 0.463 e. The lowest BCUT2D eigenvalue weighted by Crippen LogP contribution is -2.60. The molecule has 4 nitrogen and oxygen atoms in total. The minimum Gasteiger partial charge on any atom is -0.463 e. The van der Waals surface area contributed by atoms with E-state index < -0.39 is 4.32 Å². The molecule has 0 bridgehead atoms. The maximum absolute atomic E-state index is 13.6. The van der Waals surface area contributed by atoms with E-state index in [-0.39, 0.29) is 34.6 Å². The summed E-state index contributed by atoms with van der Waals surface area (Å²) in [6.07, 6.45) is 7.27. The summed E-state index contributed by atoms with van der Waals surface area (Å²) in [6.45, 7) is 7.66. The van der Waals surface area contributed by atoms with Gasteiger partial charge in [0.2, 0.25) is 0 Å². The van der Waals surface area contributed by atoms with Crippen LogP contribution in [0, 0.1) is 34.5 Å². The van der Waals surface area contributed by atoms with Crippen LogP contribution in [0.1, 0.15) is 79.1 Å². The van der Waals surface area contributed by atoms with Gasteiger partial charge < -0.3 is 4.74 Å². The first-order valence-electron chi connectivity index (χ1n) is 10.9. The SMILES string of the molecule is CC(=O)O[C@@H]1CC[C@]2(C)[C@H](CC[C@@H]3[C@@H]2C(=O)C[C@@]2(C)[C@H]3CC[C@]2(Br)C(C)=O)C1. The van der Waals surface area contributed by atoms with E-state index in [0.717, 1.165) is 44.9 Å². The molecule has 0 aliphatic heterocycles. The highest BCUT2D eigenvalue weighted by atomic mass is 79.9. The second-order valence-corrected chi connectivity index (χ2v) is 11.8. The van der Waals surface area contributed by atoms with E-state index in [9.17, 15) is 14.4 Å². The number of ketones is 2. The number of hydrogen-bond acceptors (Lipinski definition) is 4. The monoisotopic (exact) mass is 452 g/mol. The Morgan fingerprint density at radius 1 is 1.07 bits per heavy atom. The first-order valence-corrected chi connectivity index (χ1v) is 11.7. The van der Waals surface area contributed by atoms with Crippen molar-refractivity contribution in [2.24, 2.45) is 34.5 Å². The smallest absolute Gasteiger partial charge is 0.302 e. The third-order valence-electron chi connectivity index (χ3n) is 9.29. The first-order chi connectivity index (χ1) is 13.0. The summed E-state index contributed by atoms with van der Waals surface area (Å²) in [5, 5.41) is 0. The molecule has 0 spiro atoms. The first kappa shape index (κ1) is 20.6. The van der Waals surface area contributed by atoms with Crippen LogP contribution < -0.4 is 0 Å². The standard InChI is InChI=1S/C23H33BrO4/c1-13(25)23(24)10-8-18-17-6-5-15-11-16(28-14(2)26)7-9-21(15,3)20(17)19(27)12-22(18,23)4/h15-18,20H,5-12H2,1-4H3/t15-,16-,17+,18+,20-,21-,22+,23+/m1/s1. The second kappa shape index (κ2) is 6.65. The molecular formula is C23H33BrO4. The summed E-state index contributed by atoms with van der Waals surface area (Å²) < 4.78 is 4.97. The number of esters is 1. The molecular weight excluding hydrogens is 420 g/mol. The average molecular weight is 453 g/mol. The van der Waals surface area contributed by atoms with Crippen LogP contribution in [0.4, 0.5) is 0 Å². The van der Waals surface area contributed by atoms with Crippen LogP contribution in [0.3, 0.4) is 0 Å². The number of rotatable bonds is 2. The number of ether oxygens (including phenoxy) is 1. The van der Waals surface area contributed by atoms with Gasteiger partial charge in [0.1, 0.15) is 17.7 Å². The van der Waals surface area contributed by atoms with Crippen LogP contribution in [0.5, 0.6) is 0 Å². The molecule has 8 atom stereocenters. The van der Waals surface area contributed by atoms with Gasteiger partial charge in [0.25, 0.3) is 0 Å². The number of hydrogen-bond donors (Lipinski definition) is 0. The van der Waals surface area contributed by atoms with Gasteiger partial charge in [-0.05, 0) is 80.5 Å². The van der Waals surface area contributed by atoms with Crippen molar-refractivity contribution >= 4 is 33.5 Å². The van der Waals surface area contributed by atoms with Crippen LogP contribution in [0.25, 0.3) is 0 Å². The Hall–Kier alpha value is -0.710. The van der Waals surface area contributed by atoms with Gasteiger partial charge in [-0.15, -0.1) is 0 Å². The summed E-state index contributed by atoms with van der Waals surface area (Å²) in [7, 11) is 0. The molecule has 4 aliphatic rings. The minimum atomic E-state index is -0.546. The molecule has 28 heavy (non-hydrogen) atoms. The number of Topliss-reactive ketones (excluding diaryl/α,β-unsaturated/α-hetero) is 2. The fourth-order valence-corrected chi connectivity index (χ4v) is 8.59. The maximum Gasteiger partial charge on any atom is 0.302 e. The van der Waals surface area contributed by atoms with Gasteiger partial charge in [0.05, 0.1) is 4.32 Å². The Balaban J connectivity index is 1.63. The molecule has 0 aromatic rings. The molecule has 0 radical (unpaired) electrons. The summed E-state index contributed by atoms with van der Waals surface area (Å²) in [5.74, 6) is 1.71. The van der Waals surface area contributed by atoms with Crippen molar-refractivity contribution in [3.63, 3.8) is 0 Å². The predicted octanol–water partition coefficient (Wildman–Crippen LogP) is 4.86. The molecule has 0 heterocycles. The Morgan fingerprint density at radius 3 is 2.43 bits per heavy atom. The topological polar surface area (TPSA) is 60.4 Å². The Labute approximate surface area is 176 Å². The van der Waals surface area contributed by atoms with Crippen molar-refractivity contribution in [3.8, 4) is 0 Å². The highest BCUT2D eigenvalue weighted by Crippen LogP contribution is 2.69. The van der Waals surface area contributed by atoms with Crippen molar-refractivity contribution in [3.05, 3.63) is 0 Å². The van der Waals surface area contributed by atoms with Crippen LogP contribution in [0.15, 0.2) is 0 Å².